The van der Waals surface area contributed by atoms with Gasteiger partial charge >= 0.3 is 0 Å². The quantitative estimate of drug-likeness (QED) is 0.614. The number of piperidine rings is 2. The molecule has 2 fully saturated rings. The molecule has 32 heavy (non-hydrogen) atoms. The second kappa shape index (κ2) is 10.4. The standard InChI is InChI=1S/C26H31ClN2O3/c27-22-9-11-23(12-10-22)32-20-26(19-24(30)28-15-5-2-6-16-28)13-17-29(18-14-26)25(31)21-7-3-1-4-8-21/h1,3-4,7-12H,2,5-6,13-20H2. The number of benzene rings is 2. The Bertz CT molecular complexity index is 902. The van der Waals surface area contributed by atoms with Crippen LogP contribution in [0.15, 0.2) is 54.6 Å². The van der Waals surface area contributed by atoms with Crippen molar-refractivity contribution in [1.82, 2.24) is 9.80 Å². The number of halogens is 1. The van der Waals surface area contributed by atoms with E-state index in [2.05, 4.69) is 0 Å². The molecule has 0 atom stereocenters. The van der Waals surface area contributed by atoms with Gasteiger partial charge in [-0.1, -0.05) is 29.8 Å². The topological polar surface area (TPSA) is 49.9 Å². The average Bonchev–Trinajstić information content (AvgIpc) is 2.85. The molecule has 2 heterocycles. The van der Waals surface area contributed by atoms with Crippen molar-refractivity contribution in [3.05, 3.63) is 65.2 Å². The highest BCUT2D eigenvalue weighted by molar-refractivity contribution is 6.30. The van der Waals surface area contributed by atoms with Gasteiger partial charge in [0, 0.05) is 48.6 Å². The van der Waals surface area contributed by atoms with Crippen molar-refractivity contribution in [3.8, 4) is 5.75 Å². The molecule has 0 bridgehead atoms. The van der Waals surface area contributed by atoms with Crippen molar-refractivity contribution in [2.45, 2.75) is 38.5 Å². The van der Waals surface area contributed by atoms with E-state index in [1.165, 1.54) is 6.42 Å². The number of ether oxygens (including phenoxy) is 1. The fourth-order valence-electron chi connectivity index (χ4n) is 4.66. The summed E-state index contributed by atoms with van der Waals surface area (Å²) in [6, 6.07) is 16.7. The molecule has 0 aliphatic carbocycles. The molecule has 2 saturated heterocycles. The zero-order chi connectivity index (χ0) is 22.4. The van der Waals surface area contributed by atoms with Crippen LogP contribution in [0.3, 0.4) is 0 Å². The summed E-state index contributed by atoms with van der Waals surface area (Å²) in [6.45, 7) is 3.43. The fraction of sp³-hybridized carbons (Fsp3) is 0.462. The Morgan fingerprint density at radius 1 is 0.844 bits per heavy atom. The van der Waals surface area contributed by atoms with Crippen LogP contribution in [0.5, 0.6) is 5.75 Å². The summed E-state index contributed by atoms with van der Waals surface area (Å²) < 4.78 is 6.14. The SMILES string of the molecule is O=C(CC1(COc2ccc(Cl)cc2)CCN(C(=O)c2ccccc2)CC1)N1CCCCC1. The third-order valence-electron chi connectivity index (χ3n) is 6.73. The van der Waals surface area contributed by atoms with Crippen LogP contribution in [0, 0.1) is 5.41 Å². The highest BCUT2D eigenvalue weighted by Crippen LogP contribution is 2.37. The first-order valence-corrected chi connectivity index (χ1v) is 11.9. The second-order valence-corrected chi connectivity index (χ2v) is 9.46. The van der Waals surface area contributed by atoms with Crippen molar-refractivity contribution in [1.29, 1.82) is 0 Å². The van der Waals surface area contributed by atoms with E-state index in [-0.39, 0.29) is 17.2 Å². The molecule has 0 aromatic heterocycles. The first kappa shape index (κ1) is 22.7. The van der Waals surface area contributed by atoms with Gasteiger partial charge in [-0.25, -0.2) is 0 Å². The lowest BCUT2D eigenvalue weighted by molar-refractivity contribution is -0.136. The lowest BCUT2D eigenvalue weighted by Crippen LogP contribution is -2.48. The number of amides is 2. The normalized spacial score (nSPS) is 18.3. The summed E-state index contributed by atoms with van der Waals surface area (Å²) in [5.41, 5.74) is 0.434. The Labute approximate surface area is 195 Å². The molecule has 0 saturated carbocycles. The Kier molecular flexibility index (Phi) is 7.36. The zero-order valence-electron chi connectivity index (χ0n) is 18.5. The van der Waals surface area contributed by atoms with E-state index in [0.717, 1.165) is 44.5 Å². The number of hydrogen-bond acceptors (Lipinski definition) is 3. The number of nitrogens with zero attached hydrogens (tertiary/aromatic N) is 2. The molecule has 2 amide bonds. The number of carbonyl (C=O) groups excluding carboxylic acids is 2. The highest BCUT2D eigenvalue weighted by atomic mass is 35.5. The van der Waals surface area contributed by atoms with E-state index < -0.39 is 0 Å². The fourth-order valence-corrected chi connectivity index (χ4v) is 4.79. The van der Waals surface area contributed by atoms with E-state index in [1.807, 2.05) is 64.4 Å². The minimum Gasteiger partial charge on any atom is -0.493 e. The molecule has 2 aromatic rings. The van der Waals surface area contributed by atoms with E-state index in [1.54, 1.807) is 0 Å². The van der Waals surface area contributed by atoms with Crippen LogP contribution in [0.2, 0.25) is 5.02 Å². The van der Waals surface area contributed by atoms with Crippen LogP contribution in [-0.4, -0.2) is 54.4 Å². The van der Waals surface area contributed by atoms with Gasteiger partial charge in [-0.2, -0.15) is 0 Å². The van der Waals surface area contributed by atoms with Gasteiger partial charge < -0.3 is 14.5 Å². The molecule has 0 unspecified atom stereocenters. The van der Waals surface area contributed by atoms with Crippen LogP contribution in [0.1, 0.15) is 48.9 Å². The van der Waals surface area contributed by atoms with E-state index >= 15 is 0 Å². The van der Waals surface area contributed by atoms with Crippen molar-refractivity contribution in [3.63, 3.8) is 0 Å². The molecule has 2 aromatic carbocycles. The molecule has 5 nitrogen and oxygen atoms in total. The molecule has 4 rings (SSSR count). The van der Waals surface area contributed by atoms with E-state index in [0.29, 0.717) is 36.7 Å². The van der Waals surface area contributed by atoms with E-state index in [9.17, 15) is 9.59 Å². The van der Waals surface area contributed by atoms with Gasteiger partial charge in [-0.05, 0) is 68.5 Å². The van der Waals surface area contributed by atoms with Crippen molar-refractivity contribution in [2.75, 3.05) is 32.8 Å². The van der Waals surface area contributed by atoms with Gasteiger partial charge in [0.05, 0.1) is 6.61 Å². The molecule has 170 valence electrons. The molecule has 2 aliphatic heterocycles. The largest absolute Gasteiger partial charge is 0.493 e. The number of hydrogen-bond donors (Lipinski definition) is 0. The number of rotatable bonds is 6. The second-order valence-electron chi connectivity index (χ2n) is 9.02. The molecule has 0 spiro atoms. The predicted octanol–water partition coefficient (Wildman–Crippen LogP) is 5.04. The van der Waals surface area contributed by atoms with Gasteiger partial charge in [-0.15, -0.1) is 0 Å². The maximum atomic E-state index is 13.1. The third-order valence-corrected chi connectivity index (χ3v) is 6.98. The van der Waals surface area contributed by atoms with Crippen molar-refractivity contribution >= 4 is 23.4 Å². The van der Waals surface area contributed by atoms with Crippen LogP contribution in [0.4, 0.5) is 0 Å². The Morgan fingerprint density at radius 3 is 2.16 bits per heavy atom. The van der Waals surface area contributed by atoms with Crippen molar-refractivity contribution in [2.24, 2.45) is 5.41 Å². The summed E-state index contributed by atoms with van der Waals surface area (Å²) in [7, 11) is 0. The van der Waals surface area contributed by atoms with Crippen LogP contribution in [0.25, 0.3) is 0 Å². The summed E-state index contributed by atoms with van der Waals surface area (Å²) in [5, 5.41) is 0.667. The Morgan fingerprint density at radius 2 is 1.50 bits per heavy atom. The van der Waals surface area contributed by atoms with E-state index in [4.69, 9.17) is 16.3 Å². The highest BCUT2D eigenvalue weighted by Gasteiger charge is 2.40. The van der Waals surface area contributed by atoms with Gasteiger partial charge in [-0.3, -0.25) is 9.59 Å². The maximum Gasteiger partial charge on any atom is 0.253 e. The monoisotopic (exact) mass is 454 g/mol. The molecule has 6 heteroatoms. The smallest absolute Gasteiger partial charge is 0.253 e. The lowest BCUT2D eigenvalue weighted by atomic mass is 9.75. The molecular weight excluding hydrogens is 424 g/mol. The first-order chi connectivity index (χ1) is 15.5. The van der Waals surface area contributed by atoms with Crippen LogP contribution in [-0.2, 0) is 4.79 Å². The van der Waals surface area contributed by atoms with Crippen LogP contribution >= 0.6 is 11.6 Å². The van der Waals surface area contributed by atoms with Gasteiger partial charge in [0.25, 0.3) is 5.91 Å². The minimum absolute atomic E-state index is 0.0557. The summed E-state index contributed by atoms with van der Waals surface area (Å²) in [5.74, 6) is 1.02. The third kappa shape index (κ3) is 5.63. The molecule has 0 N–H and O–H groups in total. The summed E-state index contributed by atoms with van der Waals surface area (Å²) in [6.07, 6.45) is 5.33. The van der Waals surface area contributed by atoms with Crippen LogP contribution < -0.4 is 4.74 Å². The Balaban J connectivity index is 1.44. The summed E-state index contributed by atoms with van der Waals surface area (Å²) in [4.78, 5) is 29.9. The summed E-state index contributed by atoms with van der Waals surface area (Å²) >= 11 is 6.00. The predicted molar refractivity (Wildman–Crippen MR) is 126 cm³/mol. The molecular formula is C26H31ClN2O3. The zero-order valence-corrected chi connectivity index (χ0v) is 19.2. The molecule has 0 radical (unpaired) electrons. The average molecular weight is 455 g/mol. The Hall–Kier alpha value is -2.53. The maximum absolute atomic E-state index is 13.1. The van der Waals surface area contributed by atoms with Gasteiger partial charge in [0.1, 0.15) is 5.75 Å². The first-order valence-electron chi connectivity index (χ1n) is 11.6. The van der Waals surface area contributed by atoms with Gasteiger partial charge in [0.15, 0.2) is 0 Å². The molecule has 2 aliphatic rings. The minimum atomic E-state index is -0.276. The van der Waals surface area contributed by atoms with Crippen molar-refractivity contribution < 1.29 is 14.3 Å². The number of carbonyl (C=O) groups is 2. The van der Waals surface area contributed by atoms with Gasteiger partial charge in [0.2, 0.25) is 5.91 Å². The number of likely N-dealkylation sites (tertiary alicyclic amines) is 2. The lowest BCUT2D eigenvalue weighted by Gasteiger charge is -2.42.